The largest absolute Gasteiger partial charge is 0.444 e. The minimum Gasteiger partial charge on any atom is -0.444 e. The first-order chi connectivity index (χ1) is 10.1. The van der Waals surface area contributed by atoms with Crippen LogP contribution in [0.4, 0.5) is 4.79 Å². The number of rotatable bonds is 1. The predicted octanol–water partition coefficient (Wildman–Crippen LogP) is 2.19. The molecule has 0 spiro atoms. The molecule has 6 nitrogen and oxygen atoms in total. The summed E-state index contributed by atoms with van der Waals surface area (Å²) in [5.74, 6) is -0.287. The van der Waals surface area contributed by atoms with Gasteiger partial charge in [-0.1, -0.05) is 13.8 Å². The third-order valence-electron chi connectivity index (χ3n) is 4.17. The maximum Gasteiger partial charge on any atom is 0.410 e. The molecule has 2 heterocycles. The quantitative estimate of drug-likeness (QED) is 0.860. The number of aliphatic hydroxyl groups is 1. The monoisotopic (exact) mass is 307 g/mol. The number of aromatic nitrogens is 2. The lowest BCUT2D eigenvalue weighted by Gasteiger charge is -2.47. The van der Waals surface area contributed by atoms with Crippen LogP contribution < -0.4 is 0 Å². The Hall–Kier alpha value is -1.69. The highest BCUT2D eigenvalue weighted by Gasteiger charge is 2.47. The van der Waals surface area contributed by atoms with E-state index in [0.717, 1.165) is 0 Å². The number of hydrogen-bond donors (Lipinski definition) is 1. The van der Waals surface area contributed by atoms with Crippen molar-refractivity contribution in [1.82, 2.24) is 14.9 Å². The summed E-state index contributed by atoms with van der Waals surface area (Å²) in [6.45, 7) is 10.3. The fourth-order valence-corrected chi connectivity index (χ4v) is 3.05. The lowest BCUT2D eigenvalue weighted by molar-refractivity contribution is -0.111. The molecule has 6 heteroatoms. The van der Waals surface area contributed by atoms with Crippen molar-refractivity contribution in [3.8, 4) is 0 Å². The lowest BCUT2D eigenvalue weighted by atomic mass is 9.71. The van der Waals surface area contributed by atoms with Gasteiger partial charge in [0, 0.05) is 42.9 Å². The molecule has 1 aromatic rings. The number of nitrogens with zero attached hydrogens (tertiary/aromatic N) is 3. The molecule has 0 saturated carbocycles. The second-order valence-corrected chi connectivity index (χ2v) is 7.14. The van der Waals surface area contributed by atoms with Gasteiger partial charge in [0.05, 0.1) is 0 Å². The van der Waals surface area contributed by atoms with E-state index in [-0.39, 0.29) is 17.9 Å². The Morgan fingerprint density at radius 2 is 1.77 bits per heavy atom. The summed E-state index contributed by atoms with van der Waals surface area (Å²) >= 11 is 0. The number of amides is 1. The zero-order valence-corrected chi connectivity index (χ0v) is 13.9. The van der Waals surface area contributed by atoms with Gasteiger partial charge >= 0.3 is 6.09 Å². The number of likely N-dealkylation sites (tertiary alicyclic amines) is 1. The zero-order valence-electron chi connectivity index (χ0n) is 13.9. The highest BCUT2D eigenvalue weighted by Crippen LogP contribution is 2.40. The van der Waals surface area contributed by atoms with Gasteiger partial charge in [0.1, 0.15) is 17.5 Å². The topological polar surface area (TPSA) is 75.6 Å². The zero-order chi connectivity index (χ0) is 16.5. The van der Waals surface area contributed by atoms with Crippen LogP contribution in [0.5, 0.6) is 0 Å². The fraction of sp³-hybridized carbons (Fsp3) is 0.688. The van der Waals surface area contributed by atoms with Crippen molar-refractivity contribution in [3.63, 3.8) is 0 Å². The van der Waals surface area contributed by atoms with Gasteiger partial charge in [-0.3, -0.25) is 0 Å². The molecule has 0 aromatic carbocycles. The molecule has 122 valence electrons. The summed E-state index contributed by atoms with van der Waals surface area (Å²) in [5.41, 5.74) is -0.872. The van der Waals surface area contributed by atoms with Crippen molar-refractivity contribution in [3.05, 3.63) is 24.3 Å². The molecular formula is C16H25N3O3. The normalized spacial score (nSPS) is 29.3. The number of hydrogen-bond acceptors (Lipinski definition) is 5. The van der Waals surface area contributed by atoms with E-state index in [4.69, 9.17) is 4.74 Å². The molecule has 0 bridgehead atoms. The molecule has 1 unspecified atom stereocenters. The predicted molar refractivity (Wildman–Crippen MR) is 82.1 cm³/mol. The van der Waals surface area contributed by atoms with Gasteiger partial charge in [-0.2, -0.15) is 0 Å². The number of piperidine rings is 1. The Balaban J connectivity index is 2.17. The first kappa shape index (κ1) is 16.7. The van der Waals surface area contributed by atoms with Crippen LogP contribution in [-0.4, -0.2) is 44.8 Å². The minimum atomic E-state index is -1.04. The van der Waals surface area contributed by atoms with Gasteiger partial charge in [-0.25, -0.2) is 14.8 Å². The van der Waals surface area contributed by atoms with Crippen LogP contribution in [0.1, 0.15) is 40.2 Å². The second kappa shape index (κ2) is 5.83. The van der Waals surface area contributed by atoms with E-state index >= 15 is 0 Å². The van der Waals surface area contributed by atoms with Crippen molar-refractivity contribution >= 4 is 6.09 Å². The first-order valence-electron chi connectivity index (χ1n) is 7.60. The van der Waals surface area contributed by atoms with Crippen molar-refractivity contribution in [2.75, 3.05) is 13.1 Å². The van der Waals surface area contributed by atoms with Crippen LogP contribution in [0.15, 0.2) is 18.7 Å². The number of ether oxygens (including phenoxy) is 1. The highest BCUT2D eigenvalue weighted by molar-refractivity contribution is 5.68. The molecule has 22 heavy (non-hydrogen) atoms. The molecule has 0 radical (unpaired) electrons. The van der Waals surface area contributed by atoms with Gasteiger partial charge in [-0.15, -0.1) is 0 Å². The van der Waals surface area contributed by atoms with E-state index in [1.165, 1.54) is 6.33 Å². The number of carbonyl (C=O) groups is 1. The standard InChI is InChI=1S/C16H25N3O3/c1-11-8-19(14(20)22-15(3,4)5)9-12(2)16(11,21)13-6-17-10-18-7-13/h6-7,10-12,21H,8-9H2,1-5H3/t11-,12+,16?. The van der Waals surface area contributed by atoms with E-state index in [1.54, 1.807) is 17.3 Å². The molecule has 2 rings (SSSR count). The van der Waals surface area contributed by atoms with Crippen LogP contribution in [0.3, 0.4) is 0 Å². The van der Waals surface area contributed by atoms with E-state index < -0.39 is 11.2 Å². The van der Waals surface area contributed by atoms with Crippen LogP contribution in [0, 0.1) is 11.8 Å². The second-order valence-electron chi connectivity index (χ2n) is 7.14. The molecule has 1 fully saturated rings. The molecular weight excluding hydrogens is 282 g/mol. The van der Waals surface area contributed by atoms with Crippen LogP contribution in [0.2, 0.25) is 0 Å². The Kier molecular flexibility index (Phi) is 4.42. The third-order valence-corrected chi connectivity index (χ3v) is 4.17. The SMILES string of the molecule is C[C@@H]1CN(C(=O)OC(C)(C)C)C[C@H](C)C1(O)c1cncnc1. The Labute approximate surface area is 131 Å². The van der Waals surface area contributed by atoms with Gasteiger partial charge in [-0.05, 0) is 20.8 Å². The lowest BCUT2D eigenvalue weighted by Crippen LogP contribution is -2.56. The maximum absolute atomic E-state index is 12.2. The number of carbonyl (C=O) groups excluding carboxylic acids is 1. The van der Waals surface area contributed by atoms with Gasteiger partial charge in [0.2, 0.25) is 0 Å². The fourth-order valence-electron chi connectivity index (χ4n) is 3.05. The third kappa shape index (κ3) is 3.21. The van der Waals surface area contributed by atoms with Crippen molar-refractivity contribution in [2.24, 2.45) is 11.8 Å². The Bertz CT molecular complexity index is 515. The van der Waals surface area contributed by atoms with Gasteiger partial charge in [0.15, 0.2) is 0 Å². The van der Waals surface area contributed by atoms with Crippen LogP contribution in [-0.2, 0) is 10.3 Å². The summed E-state index contributed by atoms with van der Waals surface area (Å²) in [6, 6.07) is 0. The Morgan fingerprint density at radius 3 is 2.23 bits per heavy atom. The molecule has 1 saturated heterocycles. The van der Waals surface area contributed by atoms with Crippen molar-refractivity contribution in [1.29, 1.82) is 0 Å². The van der Waals surface area contributed by atoms with Crippen molar-refractivity contribution in [2.45, 2.75) is 45.8 Å². The van der Waals surface area contributed by atoms with Crippen LogP contribution in [0.25, 0.3) is 0 Å². The molecule has 1 aliphatic rings. The van der Waals surface area contributed by atoms with Crippen molar-refractivity contribution < 1.29 is 14.6 Å². The molecule has 3 atom stereocenters. The minimum absolute atomic E-state index is 0.144. The summed E-state index contributed by atoms with van der Waals surface area (Å²) in [4.78, 5) is 21.9. The molecule has 1 aliphatic heterocycles. The summed E-state index contributed by atoms with van der Waals surface area (Å²) in [6.07, 6.45) is 4.39. The average molecular weight is 307 g/mol. The summed E-state index contributed by atoms with van der Waals surface area (Å²) < 4.78 is 5.43. The molecule has 1 aromatic heterocycles. The van der Waals surface area contributed by atoms with Gasteiger partial charge in [0.25, 0.3) is 0 Å². The van der Waals surface area contributed by atoms with E-state index in [9.17, 15) is 9.90 Å². The van der Waals surface area contributed by atoms with E-state index in [0.29, 0.717) is 18.7 Å². The average Bonchev–Trinajstić information content (AvgIpc) is 2.43. The van der Waals surface area contributed by atoms with E-state index in [2.05, 4.69) is 9.97 Å². The summed E-state index contributed by atoms with van der Waals surface area (Å²) in [7, 11) is 0. The molecule has 1 N–H and O–H groups in total. The molecule has 1 amide bonds. The summed E-state index contributed by atoms with van der Waals surface area (Å²) in [5, 5.41) is 11.2. The molecule has 0 aliphatic carbocycles. The smallest absolute Gasteiger partial charge is 0.410 e. The van der Waals surface area contributed by atoms with Gasteiger partial charge < -0.3 is 14.7 Å². The maximum atomic E-state index is 12.2. The van der Waals surface area contributed by atoms with Crippen LogP contribution >= 0.6 is 0 Å². The van der Waals surface area contributed by atoms with E-state index in [1.807, 2.05) is 34.6 Å². The first-order valence-corrected chi connectivity index (χ1v) is 7.60. The Morgan fingerprint density at radius 1 is 1.27 bits per heavy atom. The highest BCUT2D eigenvalue weighted by atomic mass is 16.6.